The summed E-state index contributed by atoms with van der Waals surface area (Å²) in [4.78, 5) is 10.7. The Balaban J connectivity index is 3.92. The first-order chi connectivity index (χ1) is 5.92. The minimum absolute atomic E-state index is 0.278. The highest BCUT2D eigenvalue weighted by Crippen LogP contribution is 2.20. The van der Waals surface area contributed by atoms with Gasteiger partial charge in [0.1, 0.15) is 0 Å². The molecule has 0 unspecified atom stereocenters. The predicted octanol–water partition coefficient (Wildman–Crippen LogP) is 2.04. The van der Waals surface area contributed by atoms with E-state index in [1.54, 1.807) is 6.92 Å². The van der Waals surface area contributed by atoms with Gasteiger partial charge in [-0.05, 0) is 25.2 Å². The van der Waals surface area contributed by atoms with Crippen LogP contribution in [0.1, 0.15) is 46.5 Å². The number of rotatable bonds is 6. The third-order valence-electron chi connectivity index (χ3n) is 2.35. The summed E-state index contributed by atoms with van der Waals surface area (Å²) in [5.74, 6) is -0.534. The number of aliphatic hydroxyl groups is 1. The highest BCUT2D eigenvalue weighted by atomic mass is 16.4. The van der Waals surface area contributed by atoms with Crippen molar-refractivity contribution in [1.82, 2.24) is 0 Å². The Morgan fingerprint density at radius 3 is 2.31 bits per heavy atom. The van der Waals surface area contributed by atoms with Gasteiger partial charge in [0.15, 0.2) is 5.60 Å². The number of aliphatic carboxylic acids is 1. The van der Waals surface area contributed by atoms with E-state index in [0.29, 0.717) is 12.3 Å². The van der Waals surface area contributed by atoms with Crippen molar-refractivity contribution in [3.05, 3.63) is 0 Å². The monoisotopic (exact) mass is 188 g/mol. The SMILES string of the molecule is CC[C@@](O)(CCCC(C)C)C(=O)O. The first-order valence-electron chi connectivity index (χ1n) is 4.88. The molecule has 0 radical (unpaired) electrons. The molecule has 3 heteroatoms. The second-order valence-corrected chi connectivity index (χ2v) is 3.98. The van der Waals surface area contributed by atoms with Gasteiger partial charge in [-0.2, -0.15) is 0 Å². The summed E-state index contributed by atoms with van der Waals surface area (Å²) in [5.41, 5.74) is -1.51. The van der Waals surface area contributed by atoms with Crippen LogP contribution in [0.15, 0.2) is 0 Å². The molecule has 0 fully saturated rings. The number of carboxylic acids is 1. The Morgan fingerprint density at radius 2 is 2.00 bits per heavy atom. The Labute approximate surface area is 79.8 Å². The first kappa shape index (κ1) is 12.4. The third kappa shape index (κ3) is 4.27. The molecule has 0 aliphatic rings. The maximum atomic E-state index is 10.7. The van der Waals surface area contributed by atoms with Gasteiger partial charge in [-0.1, -0.05) is 27.2 Å². The average Bonchev–Trinajstić information content (AvgIpc) is 2.03. The molecule has 78 valence electrons. The van der Waals surface area contributed by atoms with E-state index in [0.717, 1.165) is 12.8 Å². The summed E-state index contributed by atoms with van der Waals surface area (Å²) in [6.07, 6.45) is 2.38. The summed E-state index contributed by atoms with van der Waals surface area (Å²) >= 11 is 0. The summed E-state index contributed by atoms with van der Waals surface area (Å²) < 4.78 is 0. The van der Waals surface area contributed by atoms with Crippen molar-refractivity contribution in [2.75, 3.05) is 0 Å². The van der Waals surface area contributed by atoms with Gasteiger partial charge in [-0.3, -0.25) is 0 Å². The first-order valence-corrected chi connectivity index (χ1v) is 4.88. The molecule has 0 heterocycles. The molecular weight excluding hydrogens is 168 g/mol. The van der Waals surface area contributed by atoms with Gasteiger partial charge < -0.3 is 10.2 Å². The molecule has 0 aromatic rings. The number of carbonyl (C=O) groups is 1. The quantitative estimate of drug-likeness (QED) is 0.670. The topological polar surface area (TPSA) is 57.5 Å². The van der Waals surface area contributed by atoms with Crippen molar-refractivity contribution in [2.24, 2.45) is 5.92 Å². The standard InChI is InChI=1S/C10H20O3/c1-4-10(13,9(11)12)7-5-6-8(2)3/h8,13H,4-7H2,1-3H3,(H,11,12)/t10-/m1/s1. The molecule has 0 spiro atoms. The van der Waals surface area contributed by atoms with Crippen molar-refractivity contribution >= 4 is 5.97 Å². The highest BCUT2D eigenvalue weighted by molar-refractivity contribution is 5.76. The molecule has 0 aliphatic carbocycles. The van der Waals surface area contributed by atoms with Crippen molar-refractivity contribution in [3.8, 4) is 0 Å². The van der Waals surface area contributed by atoms with Crippen LogP contribution in [0.4, 0.5) is 0 Å². The molecule has 0 bridgehead atoms. The van der Waals surface area contributed by atoms with E-state index in [1.165, 1.54) is 0 Å². The van der Waals surface area contributed by atoms with E-state index in [-0.39, 0.29) is 6.42 Å². The van der Waals surface area contributed by atoms with Crippen molar-refractivity contribution in [3.63, 3.8) is 0 Å². The fraction of sp³-hybridized carbons (Fsp3) is 0.900. The van der Waals surface area contributed by atoms with Crippen LogP contribution >= 0.6 is 0 Å². The second-order valence-electron chi connectivity index (χ2n) is 3.98. The van der Waals surface area contributed by atoms with Crippen LogP contribution in [0.5, 0.6) is 0 Å². The summed E-state index contributed by atoms with van der Waals surface area (Å²) in [6.45, 7) is 5.88. The molecule has 0 aromatic heterocycles. The van der Waals surface area contributed by atoms with E-state index in [1.807, 2.05) is 0 Å². The molecular formula is C10H20O3. The molecule has 0 amide bonds. The zero-order valence-corrected chi connectivity index (χ0v) is 8.71. The summed E-state index contributed by atoms with van der Waals surface area (Å²) in [6, 6.07) is 0. The van der Waals surface area contributed by atoms with E-state index in [4.69, 9.17) is 5.11 Å². The third-order valence-corrected chi connectivity index (χ3v) is 2.35. The van der Waals surface area contributed by atoms with E-state index in [9.17, 15) is 9.90 Å². The lowest BCUT2D eigenvalue weighted by atomic mass is 9.92. The molecule has 0 rings (SSSR count). The number of hydrogen-bond donors (Lipinski definition) is 2. The molecule has 13 heavy (non-hydrogen) atoms. The highest BCUT2D eigenvalue weighted by Gasteiger charge is 2.32. The fourth-order valence-electron chi connectivity index (χ4n) is 1.24. The van der Waals surface area contributed by atoms with Crippen molar-refractivity contribution < 1.29 is 15.0 Å². The number of hydrogen-bond acceptors (Lipinski definition) is 2. The van der Waals surface area contributed by atoms with E-state index >= 15 is 0 Å². The Hall–Kier alpha value is -0.570. The Bertz CT molecular complexity index is 166. The van der Waals surface area contributed by atoms with Gasteiger partial charge in [-0.15, -0.1) is 0 Å². The smallest absolute Gasteiger partial charge is 0.335 e. The van der Waals surface area contributed by atoms with E-state index in [2.05, 4.69) is 13.8 Å². The van der Waals surface area contributed by atoms with E-state index < -0.39 is 11.6 Å². The molecule has 3 nitrogen and oxygen atoms in total. The van der Waals surface area contributed by atoms with Crippen LogP contribution in [-0.4, -0.2) is 21.8 Å². The molecule has 0 saturated heterocycles. The molecule has 0 saturated carbocycles. The second kappa shape index (κ2) is 5.22. The van der Waals surface area contributed by atoms with Crippen LogP contribution in [0.2, 0.25) is 0 Å². The average molecular weight is 188 g/mol. The molecule has 0 aromatic carbocycles. The molecule has 2 N–H and O–H groups in total. The van der Waals surface area contributed by atoms with Gasteiger partial charge in [0.2, 0.25) is 0 Å². The molecule has 1 atom stereocenters. The van der Waals surface area contributed by atoms with Crippen molar-refractivity contribution in [2.45, 2.75) is 52.1 Å². The van der Waals surface area contributed by atoms with Gasteiger partial charge in [0.05, 0.1) is 0 Å². The van der Waals surface area contributed by atoms with Gasteiger partial charge in [0, 0.05) is 0 Å². The van der Waals surface area contributed by atoms with Crippen LogP contribution in [0.25, 0.3) is 0 Å². The number of carboxylic acid groups (broad SMARTS) is 1. The lowest BCUT2D eigenvalue weighted by Gasteiger charge is -2.21. The lowest BCUT2D eigenvalue weighted by Crippen LogP contribution is -2.37. The Kier molecular flexibility index (Phi) is 4.99. The maximum Gasteiger partial charge on any atom is 0.335 e. The summed E-state index contributed by atoms with van der Waals surface area (Å²) in [7, 11) is 0. The lowest BCUT2D eigenvalue weighted by molar-refractivity contribution is -0.159. The van der Waals surface area contributed by atoms with Crippen molar-refractivity contribution in [1.29, 1.82) is 0 Å². The fourth-order valence-corrected chi connectivity index (χ4v) is 1.24. The van der Waals surface area contributed by atoms with Crippen LogP contribution in [0, 0.1) is 5.92 Å². The largest absolute Gasteiger partial charge is 0.479 e. The zero-order valence-electron chi connectivity index (χ0n) is 8.71. The van der Waals surface area contributed by atoms with Crippen LogP contribution < -0.4 is 0 Å². The minimum atomic E-state index is -1.51. The van der Waals surface area contributed by atoms with Crippen LogP contribution in [0.3, 0.4) is 0 Å². The normalized spacial score (nSPS) is 15.8. The minimum Gasteiger partial charge on any atom is -0.479 e. The Morgan fingerprint density at radius 1 is 1.46 bits per heavy atom. The van der Waals surface area contributed by atoms with Gasteiger partial charge >= 0.3 is 5.97 Å². The predicted molar refractivity (Wildman–Crippen MR) is 51.6 cm³/mol. The van der Waals surface area contributed by atoms with Gasteiger partial charge in [-0.25, -0.2) is 4.79 Å². The zero-order chi connectivity index (χ0) is 10.5. The summed E-state index contributed by atoms with van der Waals surface area (Å²) in [5, 5.41) is 18.4. The maximum absolute atomic E-state index is 10.7. The van der Waals surface area contributed by atoms with Crippen LogP contribution in [-0.2, 0) is 4.79 Å². The molecule has 0 aliphatic heterocycles. The van der Waals surface area contributed by atoms with Gasteiger partial charge in [0.25, 0.3) is 0 Å².